The summed E-state index contributed by atoms with van der Waals surface area (Å²) in [4.78, 5) is 1.74. The number of likely N-dealkylation sites (N-methyl/N-ethyl adjacent to an activating group) is 1. The SMILES string of the molecule is CC(C)OS(=O)(=O)CCN(C)CCO. The Labute approximate surface area is 85.8 Å². The minimum Gasteiger partial charge on any atom is -0.395 e. The predicted octanol–water partition coefficient (Wildman–Crippen LogP) is -0.335. The van der Waals surface area contributed by atoms with Crippen LogP contribution in [-0.2, 0) is 14.3 Å². The fraction of sp³-hybridized carbons (Fsp3) is 1.00. The van der Waals surface area contributed by atoms with Gasteiger partial charge in [-0.25, -0.2) is 0 Å². The Balaban J connectivity index is 3.87. The van der Waals surface area contributed by atoms with Crippen molar-refractivity contribution in [2.45, 2.75) is 20.0 Å². The van der Waals surface area contributed by atoms with Crippen LogP contribution in [0.3, 0.4) is 0 Å². The number of aliphatic hydroxyl groups excluding tert-OH is 1. The molecule has 0 saturated heterocycles. The lowest BCUT2D eigenvalue weighted by Gasteiger charge is -2.15. The van der Waals surface area contributed by atoms with Gasteiger partial charge in [0.05, 0.1) is 18.5 Å². The quantitative estimate of drug-likeness (QED) is 0.601. The van der Waals surface area contributed by atoms with E-state index in [1.165, 1.54) is 0 Å². The molecule has 0 spiro atoms. The third kappa shape index (κ3) is 7.25. The second kappa shape index (κ2) is 6.34. The molecule has 0 radical (unpaired) electrons. The van der Waals surface area contributed by atoms with E-state index >= 15 is 0 Å². The highest BCUT2D eigenvalue weighted by molar-refractivity contribution is 7.86. The predicted molar refractivity (Wildman–Crippen MR) is 54.6 cm³/mol. The fourth-order valence-corrected chi connectivity index (χ4v) is 2.11. The Morgan fingerprint density at radius 3 is 2.36 bits per heavy atom. The molecule has 14 heavy (non-hydrogen) atoms. The van der Waals surface area contributed by atoms with Gasteiger partial charge in [-0.2, -0.15) is 8.42 Å². The summed E-state index contributed by atoms with van der Waals surface area (Å²) < 4.78 is 27.2. The van der Waals surface area contributed by atoms with E-state index in [4.69, 9.17) is 9.29 Å². The molecule has 0 aromatic heterocycles. The molecule has 5 nitrogen and oxygen atoms in total. The molecule has 0 atom stereocenters. The molecule has 0 aliphatic carbocycles. The average molecular weight is 225 g/mol. The zero-order valence-corrected chi connectivity index (χ0v) is 9.75. The maximum absolute atomic E-state index is 11.2. The van der Waals surface area contributed by atoms with Crippen LogP contribution >= 0.6 is 0 Å². The Bertz CT molecular complexity index is 238. The Morgan fingerprint density at radius 1 is 1.36 bits per heavy atom. The second-order valence-electron chi connectivity index (χ2n) is 3.43. The summed E-state index contributed by atoms with van der Waals surface area (Å²) in [5.41, 5.74) is 0. The molecule has 1 N–H and O–H groups in total. The van der Waals surface area contributed by atoms with Gasteiger partial charge in [-0.3, -0.25) is 4.18 Å². The number of rotatable bonds is 7. The van der Waals surface area contributed by atoms with Gasteiger partial charge in [-0.15, -0.1) is 0 Å². The van der Waals surface area contributed by atoms with Crippen LogP contribution in [0.25, 0.3) is 0 Å². The van der Waals surface area contributed by atoms with Gasteiger partial charge in [0.2, 0.25) is 0 Å². The van der Waals surface area contributed by atoms with Gasteiger partial charge in [-0.1, -0.05) is 0 Å². The third-order valence-electron chi connectivity index (χ3n) is 1.54. The van der Waals surface area contributed by atoms with Crippen molar-refractivity contribution in [1.29, 1.82) is 0 Å². The summed E-state index contributed by atoms with van der Waals surface area (Å²) in [5.74, 6) is -0.0400. The number of aliphatic hydroxyl groups is 1. The molecule has 0 fully saturated rings. The number of hydrogen-bond donors (Lipinski definition) is 1. The van der Waals surface area contributed by atoms with Gasteiger partial charge in [0, 0.05) is 13.1 Å². The van der Waals surface area contributed by atoms with Crippen LogP contribution in [-0.4, -0.2) is 57.0 Å². The highest BCUT2D eigenvalue weighted by Crippen LogP contribution is 1.99. The molecule has 0 aliphatic rings. The smallest absolute Gasteiger partial charge is 0.268 e. The van der Waals surface area contributed by atoms with E-state index in [9.17, 15) is 8.42 Å². The van der Waals surface area contributed by atoms with Crippen molar-refractivity contribution >= 4 is 10.1 Å². The molecule has 0 bridgehead atoms. The lowest BCUT2D eigenvalue weighted by molar-refractivity contribution is 0.221. The minimum atomic E-state index is -3.42. The molecular weight excluding hydrogens is 206 g/mol. The van der Waals surface area contributed by atoms with Crippen LogP contribution in [0.1, 0.15) is 13.8 Å². The van der Waals surface area contributed by atoms with Gasteiger partial charge < -0.3 is 10.0 Å². The zero-order valence-electron chi connectivity index (χ0n) is 8.93. The molecule has 0 aromatic carbocycles. The highest BCUT2D eigenvalue weighted by atomic mass is 32.2. The van der Waals surface area contributed by atoms with Crippen molar-refractivity contribution in [2.75, 3.05) is 32.5 Å². The van der Waals surface area contributed by atoms with Crippen molar-refractivity contribution in [1.82, 2.24) is 4.90 Å². The summed E-state index contributed by atoms with van der Waals surface area (Å²) in [5, 5.41) is 8.59. The van der Waals surface area contributed by atoms with Crippen molar-refractivity contribution in [3.63, 3.8) is 0 Å². The van der Waals surface area contributed by atoms with Crippen LogP contribution < -0.4 is 0 Å². The first-order valence-electron chi connectivity index (χ1n) is 4.57. The number of nitrogens with zero attached hydrogens (tertiary/aromatic N) is 1. The molecular formula is C8H19NO4S. The monoisotopic (exact) mass is 225 g/mol. The molecule has 6 heteroatoms. The first kappa shape index (κ1) is 13.8. The van der Waals surface area contributed by atoms with Crippen LogP contribution in [0.15, 0.2) is 0 Å². The van der Waals surface area contributed by atoms with Gasteiger partial charge in [0.15, 0.2) is 0 Å². The zero-order chi connectivity index (χ0) is 11.2. The van der Waals surface area contributed by atoms with E-state index in [1.54, 1.807) is 25.8 Å². The Morgan fingerprint density at radius 2 is 1.93 bits per heavy atom. The molecule has 0 unspecified atom stereocenters. The minimum absolute atomic E-state index is 0.0294. The summed E-state index contributed by atoms with van der Waals surface area (Å²) in [6.45, 7) is 4.22. The molecule has 0 saturated carbocycles. The Hall–Kier alpha value is -0.170. The average Bonchev–Trinajstić information content (AvgIpc) is 1.99. The van der Waals surface area contributed by atoms with Crippen LogP contribution in [0.2, 0.25) is 0 Å². The molecule has 0 rings (SSSR count). The lowest BCUT2D eigenvalue weighted by Crippen LogP contribution is -2.29. The molecule has 86 valence electrons. The van der Waals surface area contributed by atoms with Crippen LogP contribution in [0.4, 0.5) is 0 Å². The van der Waals surface area contributed by atoms with E-state index in [2.05, 4.69) is 0 Å². The molecule has 0 aliphatic heterocycles. The normalized spacial score (nSPS) is 12.7. The largest absolute Gasteiger partial charge is 0.395 e. The topological polar surface area (TPSA) is 66.8 Å². The van der Waals surface area contributed by atoms with Crippen molar-refractivity contribution < 1.29 is 17.7 Å². The summed E-state index contributed by atoms with van der Waals surface area (Å²) in [6.07, 6.45) is -0.317. The van der Waals surface area contributed by atoms with Crippen molar-refractivity contribution in [3.8, 4) is 0 Å². The second-order valence-corrected chi connectivity index (χ2v) is 5.15. The maximum Gasteiger partial charge on any atom is 0.268 e. The van der Waals surface area contributed by atoms with Gasteiger partial charge in [0.25, 0.3) is 10.1 Å². The maximum atomic E-state index is 11.2. The third-order valence-corrected chi connectivity index (χ3v) is 2.90. The molecule has 0 heterocycles. The van der Waals surface area contributed by atoms with E-state index in [0.29, 0.717) is 13.1 Å². The molecule has 0 aromatic rings. The standard InChI is InChI=1S/C8H19NO4S/c1-8(2)13-14(11,12)7-5-9(3)4-6-10/h8,10H,4-7H2,1-3H3. The van der Waals surface area contributed by atoms with Crippen molar-refractivity contribution in [3.05, 3.63) is 0 Å². The Kier molecular flexibility index (Phi) is 6.26. The summed E-state index contributed by atoms with van der Waals surface area (Å²) in [6, 6.07) is 0. The highest BCUT2D eigenvalue weighted by Gasteiger charge is 2.14. The fourth-order valence-electron chi connectivity index (χ4n) is 0.891. The molecule has 0 amide bonds. The van der Waals surface area contributed by atoms with Crippen LogP contribution in [0.5, 0.6) is 0 Å². The van der Waals surface area contributed by atoms with Crippen LogP contribution in [0, 0.1) is 0 Å². The first-order valence-corrected chi connectivity index (χ1v) is 6.15. The van der Waals surface area contributed by atoms with Gasteiger partial charge in [-0.05, 0) is 20.9 Å². The van der Waals surface area contributed by atoms with Crippen molar-refractivity contribution in [2.24, 2.45) is 0 Å². The number of hydrogen-bond acceptors (Lipinski definition) is 5. The van der Waals surface area contributed by atoms with E-state index in [1.807, 2.05) is 0 Å². The first-order chi connectivity index (χ1) is 6.37. The lowest BCUT2D eigenvalue weighted by atomic mass is 10.5. The summed E-state index contributed by atoms with van der Waals surface area (Å²) in [7, 11) is -1.67. The van der Waals surface area contributed by atoms with E-state index in [0.717, 1.165) is 0 Å². The summed E-state index contributed by atoms with van der Waals surface area (Å²) >= 11 is 0. The van der Waals surface area contributed by atoms with E-state index in [-0.39, 0.29) is 18.5 Å². The van der Waals surface area contributed by atoms with Gasteiger partial charge in [0.1, 0.15) is 0 Å². The van der Waals surface area contributed by atoms with E-state index < -0.39 is 10.1 Å². The van der Waals surface area contributed by atoms with Gasteiger partial charge >= 0.3 is 0 Å².